The summed E-state index contributed by atoms with van der Waals surface area (Å²) in [5.41, 5.74) is 0.892. The van der Waals surface area contributed by atoms with Gasteiger partial charge in [-0.3, -0.25) is 9.78 Å². The Bertz CT molecular complexity index is 639. The number of carbonyl (C=O) groups is 2. The summed E-state index contributed by atoms with van der Waals surface area (Å²) in [6.45, 7) is 0.149. The first kappa shape index (κ1) is 13.6. The molecule has 0 radical (unpaired) electrons. The fourth-order valence-electron chi connectivity index (χ4n) is 1.49. The van der Waals surface area contributed by atoms with E-state index in [2.05, 4.69) is 30.6 Å². The summed E-state index contributed by atoms with van der Waals surface area (Å²) < 4.78 is 5.87. The minimum atomic E-state index is -0.461. The van der Waals surface area contributed by atoms with Crippen molar-refractivity contribution in [2.24, 2.45) is 7.05 Å². The topological polar surface area (TPSA) is 112 Å². The lowest BCUT2D eigenvalue weighted by Crippen LogP contribution is -2.26. The number of carbonyl (C=O) groups excluding carboxylic acids is 2. The van der Waals surface area contributed by atoms with E-state index in [4.69, 9.17) is 0 Å². The Morgan fingerprint density at radius 2 is 2.25 bits per heavy atom. The summed E-state index contributed by atoms with van der Waals surface area (Å²) in [5.74, 6) is -0.797. The van der Waals surface area contributed by atoms with Crippen molar-refractivity contribution >= 4 is 11.9 Å². The molecule has 104 valence electrons. The molecular formula is C11H12N6O3. The number of aromatic nitrogens is 5. The normalized spacial score (nSPS) is 10.1. The van der Waals surface area contributed by atoms with E-state index in [0.717, 1.165) is 0 Å². The fraction of sp³-hybridized carbons (Fsp3) is 0.273. The molecule has 1 amide bonds. The predicted molar refractivity (Wildman–Crippen MR) is 65.5 cm³/mol. The maximum Gasteiger partial charge on any atom is 0.337 e. The van der Waals surface area contributed by atoms with Crippen LogP contribution in [0.5, 0.6) is 0 Å². The summed E-state index contributed by atoms with van der Waals surface area (Å²) in [4.78, 5) is 27.2. The van der Waals surface area contributed by atoms with Gasteiger partial charge in [-0.05, 0) is 22.6 Å². The molecule has 2 aromatic rings. The average Bonchev–Trinajstić information content (AvgIpc) is 2.90. The van der Waals surface area contributed by atoms with E-state index >= 15 is 0 Å². The average molecular weight is 276 g/mol. The van der Waals surface area contributed by atoms with Crippen molar-refractivity contribution in [3.63, 3.8) is 0 Å². The third-order valence-electron chi connectivity index (χ3n) is 2.49. The molecule has 2 aromatic heterocycles. The van der Waals surface area contributed by atoms with Crippen molar-refractivity contribution in [3.8, 4) is 0 Å². The van der Waals surface area contributed by atoms with Crippen molar-refractivity contribution < 1.29 is 14.3 Å². The second-order valence-electron chi connectivity index (χ2n) is 3.84. The van der Waals surface area contributed by atoms with Crippen LogP contribution in [0.25, 0.3) is 0 Å². The van der Waals surface area contributed by atoms with Gasteiger partial charge < -0.3 is 10.1 Å². The zero-order valence-corrected chi connectivity index (χ0v) is 10.9. The minimum Gasteiger partial charge on any atom is -0.465 e. The smallest absolute Gasteiger partial charge is 0.337 e. The van der Waals surface area contributed by atoms with E-state index in [-0.39, 0.29) is 12.4 Å². The molecule has 9 heteroatoms. The highest BCUT2D eigenvalue weighted by Gasteiger charge is 2.13. The Morgan fingerprint density at radius 3 is 2.90 bits per heavy atom. The fourth-order valence-corrected chi connectivity index (χ4v) is 1.49. The molecule has 0 aliphatic heterocycles. The molecule has 20 heavy (non-hydrogen) atoms. The number of hydrogen-bond donors (Lipinski definition) is 1. The molecule has 2 heterocycles. The Hall–Kier alpha value is -2.84. The van der Waals surface area contributed by atoms with Gasteiger partial charge in [0.25, 0.3) is 5.91 Å². The summed E-state index contributed by atoms with van der Waals surface area (Å²) >= 11 is 0. The first-order valence-electron chi connectivity index (χ1n) is 5.65. The first-order chi connectivity index (χ1) is 9.61. The predicted octanol–water partition coefficient (Wildman–Crippen LogP) is -0.678. The largest absolute Gasteiger partial charge is 0.465 e. The molecule has 0 aliphatic carbocycles. The minimum absolute atomic E-state index is 0.0918. The van der Waals surface area contributed by atoms with Crippen LogP contribution in [0.3, 0.4) is 0 Å². The Balaban J connectivity index is 2.03. The number of tetrazole rings is 1. The molecule has 1 N–H and O–H groups in total. The van der Waals surface area contributed by atoms with Gasteiger partial charge in [0, 0.05) is 13.2 Å². The number of ether oxygens (including phenoxy) is 1. The van der Waals surface area contributed by atoms with Gasteiger partial charge in [0.15, 0.2) is 0 Å². The maximum atomic E-state index is 11.8. The van der Waals surface area contributed by atoms with Gasteiger partial charge >= 0.3 is 5.97 Å². The van der Waals surface area contributed by atoms with Crippen LogP contribution in [-0.4, -0.2) is 44.2 Å². The van der Waals surface area contributed by atoms with Gasteiger partial charge in [-0.25, -0.2) is 9.48 Å². The molecule has 0 bridgehead atoms. The zero-order chi connectivity index (χ0) is 14.5. The highest BCUT2D eigenvalue weighted by molar-refractivity contribution is 5.90. The monoisotopic (exact) mass is 276 g/mol. The van der Waals surface area contributed by atoms with Crippen molar-refractivity contribution in [3.05, 3.63) is 35.4 Å². The molecule has 9 nitrogen and oxygen atoms in total. The van der Waals surface area contributed by atoms with Gasteiger partial charge in [0.1, 0.15) is 0 Å². The number of aryl methyl sites for hydroxylation is 1. The molecule has 0 saturated heterocycles. The van der Waals surface area contributed by atoms with E-state index < -0.39 is 11.9 Å². The van der Waals surface area contributed by atoms with E-state index in [1.807, 2.05) is 0 Å². The van der Waals surface area contributed by atoms with Crippen LogP contribution >= 0.6 is 0 Å². The van der Waals surface area contributed by atoms with E-state index in [1.165, 1.54) is 24.1 Å². The van der Waals surface area contributed by atoms with Gasteiger partial charge in [0.05, 0.1) is 24.9 Å². The Morgan fingerprint density at radius 1 is 1.45 bits per heavy atom. The van der Waals surface area contributed by atoms with E-state index in [1.54, 1.807) is 13.1 Å². The number of hydrogen-bond acceptors (Lipinski definition) is 7. The maximum absolute atomic E-state index is 11.8. The molecule has 0 aromatic carbocycles. The summed E-state index contributed by atoms with van der Waals surface area (Å²) in [6, 6.07) is 3.07. The van der Waals surface area contributed by atoms with Crippen LogP contribution < -0.4 is 5.32 Å². The molecule has 0 fully saturated rings. The molecule has 2 rings (SSSR count). The van der Waals surface area contributed by atoms with Gasteiger partial charge in [-0.1, -0.05) is 0 Å². The van der Waals surface area contributed by atoms with Crippen molar-refractivity contribution in [2.75, 3.05) is 7.11 Å². The van der Waals surface area contributed by atoms with E-state index in [9.17, 15) is 9.59 Å². The Kier molecular flexibility index (Phi) is 3.99. The number of esters is 1. The molecule has 0 unspecified atom stereocenters. The number of pyridine rings is 1. The van der Waals surface area contributed by atoms with E-state index in [0.29, 0.717) is 11.3 Å². The number of rotatable bonds is 4. The van der Waals surface area contributed by atoms with Crippen LogP contribution in [-0.2, 0) is 18.3 Å². The summed E-state index contributed by atoms with van der Waals surface area (Å²) in [5, 5.41) is 13.1. The van der Waals surface area contributed by atoms with Crippen molar-refractivity contribution in [2.45, 2.75) is 6.54 Å². The van der Waals surface area contributed by atoms with Gasteiger partial charge in [0.2, 0.25) is 5.82 Å². The first-order valence-corrected chi connectivity index (χ1v) is 5.65. The van der Waals surface area contributed by atoms with Gasteiger partial charge in [-0.2, -0.15) is 0 Å². The second kappa shape index (κ2) is 5.87. The van der Waals surface area contributed by atoms with Crippen LogP contribution in [0.15, 0.2) is 18.3 Å². The standard InChI is InChI=1S/C11H12N6O3/c1-17-9(14-15-16-17)10(18)13-6-8-5-7(3-4-12-8)11(19)20-2/h3-5H,6H2,1-2H3,(H,13,18). The highest BCUT2D eigenvalue weighted by atomic mass is 16.5. The quantitative estimate of drug-likeness (QED) is 0.736. The van der Waals surface area contributed by atoms with Crippen LogP contribution in [0.1, 0.15) is 26.7 Å². The lowest BCUT2D eigenvalue weighted by molar-refractivity contribution is 0.0600. The third kappa shape index (κ3) is 2.94. The second-order valence-corrected chi connectivity index (χ2v) is 3.84. The summed E-state index contributed by atoms with van der Waals surface area (Å²) in [7, 11) is 2.86. The van der Waals surface area contributed by atoms with Crippen molar-refractivity contribution in [1.29, 1.82) is 0 Å². The number of methoxy groups -OCH3 is 1. The van der Waals surface area contributed by atoms with Crippen LogP contribution in [0.2, 0.25) is 0 Å². The molecule has 0 atom stereocenters. The Labute approximate surface area is 114 Å². The SMILES string of the molecule is COC(=O)c1ccnc(CNC(=O)c2nnnn2C)c1. The summed E-state index contributed by atoms with van der Waals surface area (Å²) in [6.07, 6.45) is 1.47. The van der Waals surface area contributed by atoms with Crippen LogP contribution in [0, 0.1) is 0 Å². The number of nitrogens with one attached hydrogen (secondary N) is 1. The van der Waals surface area contributed by atoms with Gasteiger partial charge in [-0.15, -0.1) is 5.10 Å². The van der Waals surface area contributed by atoms with Crippen LogP contribution in [0.4, 0.5) is 0 Å². The lowest BCUT2D eigenvalue weighted by atomic mass is 10.2. The lowest BCUT2D eigenvalue weighted by Gasteiger charge is -2.05. The molecule has 0 aliphatic rings. The molecular weight excluding hydrogens is 264 g/mol. The highest BCUT2D eigenvalue weighted by Crippen LogP contribution is 2.03. The molecule has 0 spiro atoms. The molecule has 0 saturated carbocycles. The number of amides is 1. The number of nitrogens with zero attached hydrogens (tertiary/aromatic N) is 5. The third-order valence-corrected chi connectivity index (χ3v) is 2.49. The van der Waals surface area contributed by atoms with Crippen molar-refractivity contribution in [1.82, 2.24) is 30.5 Å². The zero-order valence-electron chi connectivity index (χ0n) is 10.9.